The molecule has 0 atom stereocenters. The largest absolute Gasteiger partial charge is 0.340 e. The monoisotopic (exact) mass is 344 g/mol. The first-order chi connectivity index (χ1) is 11.0. The summed E-state index contributed by atoms with van der Waals surface area (Å²) < 4.78 is 23.0. The van der Waals surface area contributed by atoms with Gasteiger partial charge in [0.15, 0.2) is 0 Å². The highest BCUT2D eigenvalue weighted by Crippen LogP contribution is 2.20. The van der Waals surface area contributed by atoms with E-state index in [2.05, 4.69) is 11.8 Å². The maximum absolute atomic E-state index is 12.2. The molecule has 5 nitrogen and oxygen atoms in total. The van der Waals surface area contributed by atoms with Crippen LogP contribution >= 0.6 is 0 Å². The van der Waals surface area contributed by atoms with E-state index in [0.29, 0.717) is 29.9 Å². The molecule has 1 amide bonds. The number of carbonyl (C=O) groups excluding carboxylic acids is 1. The van der Waals surface area contributed by atoms with Crippen molar-refractivity contribution >= 4 is 15.7 Å². The Kier molecular flexibility index (Phi) is 7.34. The number of piperazine rings is 1. The smallest absolute Gasteiger partial charge is 0.222 e. The van der Waals surface area contributed by atoms with Crippen LogP contribution in [0.1, 0.15) is 58.3 Å². The summed E-state index contributed by atoms with van der Waals surface area (Å²) in [6.45, 7) is 5.60. The molecule has 0 spiro atoms. The maximum Gasteiger partial charge on any atom is 0.222 e. The highest BCUT2D eigenvalue weighted by Gasteiger charge is 2.30. The summed E-state index contributed by atoms with van der Waals surface area (Å²) in [6, 6.07) is 0.393. The minimum atomic E-state index is -2.79. The van der Waals surface area contributed by atoms with E-state index in [1.807, 2.05) is 4.90 Å². The van der Waals surface area contributed by atoms with Gasteiger partial charge in [0.05, 0.1) is 11.5 Å². The van der Waals surface area contributed by atoms with Crippen LogP contribution in [-0.2, 0) is 14.6 Å². The van der Waals surface area contributed by atoms with E-state index < -0.39 is 9.84 Å². The van der Waals surface area contributed by atoms with Gasteiger partial charge < -0.3 is 4.90 Å². The second kappa shape index (κ2) is 9.02. The molecule has 0 aromatic carbocycles. The second-order valence-corrected chi connectivity index (χ2v) is 9.27. The number of unbranched alkanes of at least 4 members (excludes halogenated alkanes) is 4. The average molecular weight is 345 g/mol. The van der Waals surface area contributed by atoms with Crippen molar-refractivity contribution in [2.24, 2.45) is 0 Å². The number of nitrogens with zero attached hydrogens (tertiary/aromatic N) is 2. The number of carbonyl (C=O) groups is 1. The fourth-order valence-electron chi connectivity index (χ4n) is 3.62. The van der Waals surface area contributed by atoms with Crippen LogP contribution in [-0.4, -0.2) is 67.9 Å². The average Bonchev–Trinajstić information content (AvgIpc) is 2.55. The fraction of sp³-hybridized carbons (Fsp3) is 0.941. The second-order valence-electron chi connectivity index (χ2n) is 6.96. The molecule has 0 aromatic rings. The molecule has 0 aliphatic carbocycles. The highest BCUT2D eigenvalue weighted by molar-refractivity contribution is 7.91. The maximum atomic E-state index is 12.2. The predicted molar refractivity (Wildman–Crippen MR) is 93.2 cm³/mol. The summed E-state index contributed by atoms with van der Waals surface area (Å²) in [4.78, 5) is 16.6. The Labute approximate surface area is 141 Å². The number of sulfone groups is 1. The van der Waals surface area contributed by atoms with Gasteiger partial charge in [0, 0.05) is 38.6 Å². The molecule has 0 aromatic heterocycles. The lowest BCUT2D eigenvalue weighted by Gasteiger charge is -2.40. The van der Waals surface area contributed by atoms with Crippen molar-refractivity contribution in [1.29, 1.82) is 0 Å². The first-order valence-electron chi connectivity index (χ1n) is 9.24. The number of hydrogen-bond donors (Lipinski definition) is 0. The van der Waals surface area contributed by atoms with Gasteiger partial charge in [-0.05, 0) is 19.3 Å². The lowest BCUT2D eigenvalue weighted by molar-refractivity contribution is -0.133. The summed E-state index contributed by atoms with van der Waals surface area (Å²) in [5.41, 5.74) is 0. The molecule has 2 fully saturated rings. The first kappa shape index (κ1) is 18.7. The van der Waals surface area contributed by atoms with Crippen molar-refractivity contribution in [3.8, 4) is 0 Å². The molecule has 134 valence electrons. The molecule has 0 radical (unpaired) electrons. The van der Waals surface area contributed by atoms with Gasteiger partial charge in [0.25, 0.3) is 0 Å². The SMILES string of the molecule is CCCCCCCC(=O)N1CCN(C2CCS(=O)(=O)CC2)CC1. The Bertz CT molecular complexity index is 456. The molecule has 6 heteroatoms. The zero-order chi connectivity index (χ0) is 16.7. The van der Waals surface area contributed by atoms with Gasteiger partial charge in [-0.1, -0.05) is 32.6 Å². The quantitative estimate of drug-likeness (QED) is 0.664. The van der Waals surface area contributed by atoms with E-state index in [0.717, 1.165) is 51.9 Å². The topological polar surface area (TPSA) is 57.7 Å². The first-order valence-corrected chi connectivity index (χ1v) is 11.1. The van der Waals surface area contributed by atoms with Crippen molar-refractivity contribution in [2.75, 3.05) is 37.7 Å². The van der Waals surface area contributed by atoms with Gasteiger partial charge in [0.1, 0.15) is 9.84 Å². The van der Waals surface area contributed by atoms with Gasteiger partial charge in [-0.2, -0.15) is 0 Å². The Morgan fingerprint density at radius 1 is 0.957 bits per heavy atom. The van der Waals surface area contributed by atoms with Crippen molar-refractivity contribution in [2.45, 2.75) is 64.3 Å². The Morgan fingerprint density at radius 3 is 2.17 bits per heavy atom. The van der Waals surface area contributed by atoms with Crippen LogP contribution < -0.4 is 0 Å². The molecule has 2 heterocycles. The number of amides is 1. The van der Waals surface area contributed by atoms with Crippen molar-refractivity contribution in [3.05, 3.63) is 0 Å². The number of hydrogen-bond acceptors (Lipinski definition) is 4. The van der Waals surface area contributed by atoms with Gasteiger partial charge in [0.2, 0.25) is 5.91 Å². The molecule has 2 rings (SSSR count). The van der Waals surface area contributed by atoms with Gasteiger partial charge in [-0.15, -0.1) is 0 Å². The predicted octanol–water partition coefficient (Wildman–Crippen LogP) is 2.07. The van der Waals surface area contributed by atoms with Crippen molar-refractivity contribution in [3.63, 3.8) is 0 Å². The summed E-state index contributed by atoms with van der Waals surface area (Å²) in [7, 11) is -2.79. The molecule has 0 saturated carbocycles. The Hall–Kier alpha value is -0.620. The molecule has 2 aliphatic rings. The van der Waals surface area contributed by atoms with Gasteiger partial charge >= 0.3 is 0 Å². The highest BCUT2D eigenvalue weighted by atomic mass is 32.2. The van der Waals surface area contributed by atoms with E-state index in [4.69, 9.17) is 0 Å². The van der Waals surface area contributed by atoms with E-state index in [1.165, 1.54) is 19.3 Å². The normalized spacial score (nSPS) is 23.1. The Morgan fingerprint density at radius 2 is 1.57 bits per heavy atom. The molecule has 0 bridgehead atoms. The van der Waals surface area contributed by atoms with Crippen molar-refractivity contribution < 1.29 is 13.2 Å². The minimum absolute atomic E-state index is 0.298. The van der Waals surface area contributed by atoms with Crippen LogP contribution in [0.15, 0.2) is 0 Å². The molecule has 0 unspecified atom stereocenters. The van der Waals surface area contributed by atoms with Crippen molar-refractivity contribution in [1.82, 2.24) is 9.80 Å². The third-order valence-corrected chi connectivity index (χ3v) is 6.92. The molecular weight excluding hydrogens is 312 g/mol. The summed E-state index contributed by atoms with van der Waals surface area (Å²) in [6.07, 6.45) is 8.12. The van der Waals surface area contributed by atoms with Crippen LogP contribution in [0.4, 0.5) is 0 Å². The van der Waals surface area contributed by atoms with Crippen LogP contribution in [0, 0.1) is 0 Å². The van der Waals surface area contributed by atoms with Crippen LogP contribution in [0.2, 0.25) is 0 Å². The standard InChI is InChI=1S/C17H32N2O3S/c1-2-3-4-5-6-7-17(20)19-12-10-18(11-13-19)16-8-14-23(21,22)15-9-16/h16H,2-15H2,1H3. The van der Waals surface area contributed by atoms with Gasteiger partial charge in [-0.3, -0.25) is 9.69 Å². The summed E-state index contributed by atoms with van der Waals surface area (Å²) in [5.74, 6) is 0.954. The molecule has 2 saturated heterocycles. The van der Waals surface area contributed by atoms with E-state index in [1.54, 1.807) is 0 Å². The van der Waals surface area contributed by atoms with Crippen LogP contribution in [0.25, 0.3) is 0 Å². The minimum Gasteiger partial charge on any atom is -0.340 e. The van der Waals surface area contributed by atoms with Crippen LogP contribution in [0.3, 0.4) is 0 Å². The summed E-state index contributed by atoms with van der Waals surface area (Å²) in [5, 5.41) is 0. The third kappa shape index (κ3) is 6.07. The zero-order valence-corrected chi connectivity index (χ0v) is 15.3. The third-order valence-electron chi connectivity index (χ3n) is 5.20. The zero-order valence-electron chi connectivity index (χ0n) is 14.5. The molecule has 0 N–H and O–H groups in total. The van der Waals surface area contributed by atoms with E-state index in [9.17, 15) is 13.2 Å². The molecular formula is C17H32N2O3S. The summed E-state index contributed by atoms with van der Waals surface area (Å²) >= 11 is 0. The lowest BCUT2D eigenvalue weighted by atomic mass is 10.1. The van der Waals surface area contributed by atoms with Gasteiger partial charge in [-0.25, -0.2) is 8.42 Å². The van der Waals surface area contributed by atoms with E-state index in [-0.39, 0.29) is 0 Å². The molecule has 23 heavy (non-hydrogen) atoms. The Balaban J connectivity index is 1.64. The van der Waals surface area contributed by atoms with E-state index >= 15 is 0 Å². The fourth-order valence-corrected chi connectivity index (χ4v) is 5.08. The van der Waals surface area contributed by atoms with Crippen LogP contribution in [0.5, 0.6) is 0 Å². The molecule has 2 aliphatic heterocycles. The lowest BCUT2D eigenvalue weighted by Crippen LogP contribution is -2.53. The number of rotatable bonds is 7.